The lowest BCUT2D eigenvalue weighted by Gasteiger charge is -2.18. The highest BCUT2D eigenvalue weighted by molar-refractivity contribution is 6.04. The van der Waals surface area contributed by atoms with E-state index < -0.39 is 30.1 Å². The molecule has 1 N–H and O–H groups in total. The molecule has 0 unspecified atom stereocenters. The zero-order valence-corrected chi connectivity index (χ0v) is 21.9. The van der Waals surface area contributed by atoms with Gasteiger partial charge in [0.15, 0.2) is 0 Å². The largest absolute Gasteiger partial charge is 0.416 e. The first-order valence-corrected chi connectivity index (χ1v) is 12.4. The zero-order chi connectivity index (χ0) is 28.8. The van der Waals surface area contributed by atoms with Crippen molar-refractivity contribution in [1.82, 2.24) is 29.7 Å². The van der Waals surface area contributed by atoms with Crippen LogP contribution in [0.4, 0.5) is 27.6 Å². The number of hydrogen-bond donors (Lipinski definition) is 1. The van der Waals surface area contributed by atoms with Crippen LogP contribution >= 0.6 is 0 Å². The number of rotatable bonds is 6. The summed E-state index contributed by atoms with van der Waals surface area (Å²) in [7, 11) is 1.81. The Bertz CT molecular complexity index is 1570. The molecule has 1 aliphatic rings. The highest BCUT2D eigenvalue weighted by atomic mass is 19.4. The first kappa shape index (κ1) is 27.4. The summed E-state index contributed by atoms with van der Waals surface area (Å²) < 4.78 is 71.3. The number of benzene rings is 2. The van der Waals surface area contributed by atoms with Crippen LogP contribution < -0.4 is 5.32 Å². The summed E-state index contributed by atoms with van der Waals surface area (Å²) >= 11 is 0. The predicted molar refractivity (Wildman–Crippen MR) is 137 cm³/mol. The maximum absolute atomic E-state index is 13.6. The van der Waals surface area contributed by atoms with Gasteiger partial charge in [-0.3, -0.25) is 14.4 Å². The first-order chi connectivity index (χ1) is 18.8. The molecule has 4 aromatic rings. The molecule has 210 valence electrons. The minimum atomic E-state index is -4.68. The number of likely N-dealkylation sites (tertiary alicyclic amines) is 1. The van der Waals surface area contributed by atoms with E-state index in [0.717, 1.165) is 29.0 Å². The second-order valence-corrected chi connectivity index (χ2v) is 10.0. The number of hydrogen-bond acceptors (Lipinski definition) is 5. The molecule has 1 fully saturated rings. The number of anilines is 1. The topological polar surface area (TPSA) is 80.9 Å². The van der Waals surface area contributed by atoms with Gasteiger partial charge in [0.05, 0.1) is 30.2 Å². The number of nitrogens with one attached hydrogen (secondary N) is 1. The number of aryl methyl sites for hydroxylation is 2. The van der Waals surface area contributed by atoms with Crippen LogP contribution in [0.1, 0.15) is 39.2 Å². The molecule has 0 radical (unpaired) electrons. The summed E-state index contributed by atoms with van der Waals surface area (Å²) in [6.45, 7) is 3.18. The predicted octanol–water partition coefficient (Wildman–Crippen LogP) is 5.40. The van der Waals surface area contributed by atoms with Crippen LogP contribution in [-0.2, 0) is 19.8 Å². The van der Waals surface area contributed by atoms with E-state index in [-0.39, 0.29) is 36.3 Å². The van der Waals surface area contributed by atoms with E-state index >= 15 is 0 Å². The van der Waals surface area contributed by atoms with Gasteiger partial charge in [0, 0.05) is 49.1 Å². The SMILES string of the molecule is Cc1ccc(C(=O)Nc2cc(CN3CCC(F)(F)C3)cc(C(F)(F)F)c2)cc1-n1cc(-c2cnn(C)c2C)nn1. The molecule has 5 rings (SSSR count). The van der Waals surface area contributed by atoms with Gasteiger partial charge in [-0.15, -0.1) is 5.10 Å². The van der Waals surface area contributed by atoms with Crippen molar-refractivity contribution in [1.29, 1.82) is 0 Å². The Balaban J connectivity index is 1.40. The molecule has 0 spiro atoms. The number of aromatic nitrogens is 5. The van der Waals surface area contributed by atoms with Gasteiger partial charge in [0.2, 0.25) is 0 Å². The summed E-state index contributed by atoms with van der Waals surface area (Å²) in [6.07, 6.45) is -1.65. The summed E-state index contributed by atoms with van der Waals surface area (Å²) in [6, 6.07) is 7.94. The molecule has 2 aromatic heterocycles. The van der Waals surface area contributed by atoms with Crippen LogP contribution in [0.25, 0.3) is 16.9 Å². The Hall–Kier alpha value is -4.13. The van der Waals surface area contributed by atoms with Crippen LogP contribution in [0.2, 0.25) is 0 Å². The van der Waals surface area contributed by atoms with Gasteiger partial charge in [-0.2, -0.15) is 18.3 Å². The smallest absolute Gasteiger partial charge is 0.322 e. The van der Waals surface area contributed by atoms with Crippen LogP contribution in [0.3, 0.4) is 0 Å². The molecule has 8 nitrogen and oxygen atoms in total. The van der Waals surface area contributed by atoms with Crippen LogP contribution in [0.15, 0.2) is 48.8 Å². The normalized spacial score (nSPS) is 15.5. The van der Waals surface area contributed by atoms with Crippen LogP contribution in [0.5, 0.6) is 0 Å². The number of amides is 1. The van der Waals surface area contributed by atoms with E-state index in [1.54, 1.807) is 35.3 Å². The number of carbonyl (C=O) groups is 1. The molecule has 1 saturated heterocycles. The van der Waals surface area contributed by atoms with E-state index in [1.807, 2.05) is 20.9 Å². The van der Waals surface area contributed by atoms with E-state index in [9.17, 15) is 26.7 Å². The molecular formula is C27H26F5N7O. The average molecular weight is 560 g/mol. The van der Waals surface area contributed by atoms with Crippen molar-refractivity contribution < 1.29 is 26.7 Å². The van der Waals surface area contributed by atoms with Crippen molar-refractivity contribution in [3.05, 3.63) is 76.7 Å². The van der Waals surface area contributed by atoms with Gasteiger partial charge in [-0.25, -0.2) is 13.5 Å². The third kappa shape index (κ3) is 5.74. The number of nitrogens with zero attached hydrogens (tertiary/aromatic N) is 6. The Morgan fingerprint density at radius 1 is 1.12 bits per heavy atom. The standard InChI is InChI=1S/C27H26F5N7O/c1-16-4-5-19(10-24(16)39-14-23(35-36-39)22-12-33-37(3)17(22)2)25(40)34-21-9-18(8-20(11-21)27(30,31)32)13-38-7-6-26(28,29)15-38/h4-5,8-12,14H,6-7,13,15H2,1-3H3,(H,34,40). The molecular weight excluding hydrogens is 533 g/mol. The van der Waals surface area contributed by atoms with E-state index in [2.05, 4.69) is 20.7 Å². The Morgan fingerprint density at radius 2 is 1.90 bits per heavy atom. The summed E-state index contributed by atoms with van der Waals surface area (Å²) in [5, 5.41) is 15.1. The monoisotopic (exact) mass is 559 g/mol. The Kier molecular flexibility index (Phi) is 6.94. The minimum Gasteiger partial charge on any atom is -0.322 e. The zero-order valence-electron chi connectivity index (χ0n) is 21.9. The fourth-order valence-electron chi connectivity index (χ4n) is 4.68. The van der Waals surface area contributed by atoms with Crippen LogP contribution in [0, 0.1) is 13.8 Å². The third-order valence-corrected chi connectivity index (χ3v) is 6.96. The molecule has 3 heterocycles. The lowest BCUT2D eigenvalue weighted by atomic mass is 10.1. The van der Waals surface area contributed by atoms with Crippen molar-refractivity contribution in [3.63, 3.8) is 0 Å². The maximum Gasteiger partial charge on any atom is 0.416 e. The first-order valence-electron chi connectivity index (χ1n) is 12.4. The summed E-state index contributed by atoms with van der Waals surface area (Å²) in [5.74, 6) is -3.51. The molecule has 0 aliphatic carbocycles. The molecule has 13 heteroatoms. The fourth-order valence-corrected chi connectivity index (χ4v) is 4.68. The highest BCUT2D eigenvalue weighted by Gasteiger charge is 2.38. The molecule has 0 saturated carbocycles. The molecule has 40 heavy (non-hydrogen) atoms. The molecule has 0 bridgehead atoms. The lowest BCUT2D eigenvalue weighted by molar-refractivity contribution is -0.137. The van der Waals surface area contributed by atoms with Gasteiger partial charge in [-0.05, 0) is 55.3 Å². The molecule has 2 aromatic carbocycles. The maximum atomic E-state index is 13.6. The van der Waals surface area contributed by atoms with Gasteiger partial charge >= 0.3 is 6.18 Å². The number of halogens is 5. The quantitative estimate of drug-likeness (QED) is 0.320. The third-order valence-electron chi connectivity index (χ3n) is 6.96. The molecule has 0 atom stereocenters. The van der Waals surface area contributed by atoms with Gasteiger partial charge in [-0.1, -0.05) is 11.3 Å². The Labute approximate surface area is 226 Å². The van der Waals surface area contributed by atoms with Gasteiger partial charge in [0.25, 0.3) is 11.8 Å². The van der Waals surface area contributed by atoms with Gasteiger partial charge < -0.3 is 5.32 Å². The Morgan fingerprint density at radius 3 is 2.55 bits per heavy atom. The molecule has 1 amide bonds. The number of alkyl halides is 5. The van der Waals surface area contributed by atoms with Gasteiger partial charge in [0.1, 0.15) is 5.69 Å². The van der Waals surface area contributed by atoms with Crippen molar-refractivity contribution in [3.8, 4) is 16.9 Å². The second-order valence-electron chi connectivity index (χ2n) is 10.0. The summed E-state index contributed by atoms with van der Waals surface area (Å²) in [5.41, 5.74) is 2.95. The highest BCUT2D eigenvalue weighted by Crippen LogP contribution is 2.34. The van der Waals surface area contributed by atoms with E-state index in [4.69, 9.17) is 0 Å². The minimum absolute atomic E-state index is 0.0709. The summed E-state index contributed by atoms with van der Waals surface area (Å²) in [4.78, 5) is 14.5. The molecule has 1 aliphatic heterocycles. The second kappa shape index (κ2) is 10.1. The van der Waals surface area contributed by atoms with E-state index in [0.29, 0.717) is 11.4 Å². The van der Waals surface area contributed by atoms with Crippen molar-refractivity contribution in [2.75, 3.05) is 18.4 Å². The average Bonchev–Trinajstić information content (AvgIpc) is 3.58. The van der Waals surface area contributed by atoms with E-state index in [1.165, 1.54) is 15.6 Å². The number of carbonyl (C=O) groups excluding carboxylic acids is 1. The van der Waals surface area contributed by atoms with Crippen molar-refractivity contribution in [2.45, 2.75) is 38.9 Å². The lowest BCUT2D eigenvalue weighted by Crippen LogP contribution is -2.25. The van der Waals surface area contributed by atoms with Crippen molar-refractivity contribution in [2.24, 2.45) is 7.05 Å². The van der Waals surface area contributed by atoms with Crippen molar-refractivity contribution >= 4 is 11.6 Å². The fraction of sp³-hybridized carbons (Fsp3) is 0.333. The van der Waals surface area contributed by atoms with Crippen LogP contribution in [-0.4, -0.2) is 54.6 Å².